The first kappa shape index (κ1) is 20.6. The third-order valence-electron chi connectivity index (χ3n) is 4.06. The van der Waals surface area contributed by atoms with E-state index < -0.39 is 35.1 Å². The van der Waals surface area contributed by atoms with Gasteiger partial charge in [-0.3, -0.25) is 14.5 Å². The van der Waals surface area contributed by atoms with Gasteiger partial charge >= 0.3 is 0 Å². The van der Waals surface area contributed by atoms with Crippen molar-refractivity contribution in [1.29, 1.82) is 0 Å². The Labute approximate surface area is 154 Å². The van der Waals surface area contributed by atoms with Gasteiger partial charge in [0, 0.05) is 17.7 Å². The van der Waals surface area contributed by atoms with Crippen LogP contribution in [0.5, 0.6) is 0 Å². The summed E-state index contributed by atoms with van der Waals surface area (Å²) in [6.45, 7) is 2.02. The highest BCUT2D eigenvalue weighted by Crippen LogP contribution is 2.17. The average Bonchev–Trinajstić information content (AvgIpc) is 2.65. The number of nitrogens with zero attached hydrogens (tertiary/aromatic N) is 1. The maximum Gasteiger partial charge on any atom is 0.260 e. The summed E-state index contributed by atoms with van der Waals surface area (Å²) in [5.74, 6) is -6.33. The number of hydrogen-bond donors (Lipinski definition) is 0. The van der Waals surface area contributed by atoms with Crippen LogP contribution < -0.4 is 0 Å². The molecule has 0 spiro atoms. The third kappa shape index (κ3) is 5.15. The van der Waals surface area contributed by atoms with E-state index in [4.69, 9.17) is 0 Å². The van der Waals surface area contributed by atoms with Crippen LogP contribution in [0.3, 0.4) is 0 Å². The molecule has 0 aromatic heterocycles. The van der Waals surface area contributed by atoms with E-state index in [1.807, 2.05) is 6.92 Å². The Morgan fingerprint density at radius 2 is 1.22 bits per heavy atom. The van der Waals surface area contributed by atoms with Crippen LogP contribution in [-0.2, 0) is 0 Å². The fourth-order valence-corrected chi connectivity index (χ4v) is 2.56. The molecule has 2 aromatic carbocycles. The van der Waals surface area contributed by atoms with Crippen LogP contribution in [-0.4, -0.2) is 23.3 Å². The first-order valence-corrected chi connectivity index (χ1v) is 8.61. The molecular formula is C20H19F4NO2. The van der Waals surface area contributed by atoms with Crippen LogP contribution in [0.15, 0.2) is 36.4 Å². The molecule has 0 fully saturated rings. The molecule has 3 nitrogen and oxygen atoms in total. The Morgan fingerprint density at radius 1 is 0.741 bits per heavy atom. The lowest BCUT2D eigenvalue weighted by Crippen LogP contribution is -2.38. The van der Waals surface area contributed by atoms with Crippen molar-refractivity contribution in [3.05, 3.63) is 70.8 Å². The summed E-state index contributed by atoms with van der Waals surface area (Å²) in [5.41, 5.74) is -0.416. The summed E-state index contributed by atoms with van der Waals surface area (Å²) in [6.07, 6.45) is 3.09. The lowest BCUT2D eigenvalue weighted by Gasteiger charge is -2.21. The number of hydrogen-bond acceptors (Lipinski definition) is 2. The zero-order chi connectivity index (χ0) is 20.0. The lowest BCUT2D eigenvalue weighted by atomic mass is 10.1. The zero-order valence-electron chi connectivity index (χ0n) is 14.8. The first-order chi connectivity index (χ1) is 12.8. The molecule has 0 atom stereocenters. The number of unbranched alkanes of at least 4 members (excludes halogenated alkanes) is 3. The van der Waals surface area contributed by atoms with E-state index >= 15 is 0 Å². The largest absolute Gasteiger partial charge is 0.274 e. The highest BCUT2D eigenvalue weighted by molar-refractivity contribution is 6.10. The molecule has 0 aliphatic heterocycles. The van der Waals surface area contributed by atoms with Crippen molar-refractivity contribution in [1.82, 2.24) is 4.90 Å². The molecular weight excluding hydrogens is 362 g/mol. The Kier molecular flexibility index (Phi) is 7.10. The normalized spacial score (nSPS) is 10.7. The summed E-state index contributed by atoms with van der Waals surface area (Å²) in [7, 11) is 0. The molecule has 2 amide bonds. The number of carbonyl (C=O) groups excluding carboxylic acids is 2. The molecule has 0 N–H and O–H groups in total. The molecule has 2 aromatic rings. The van der Waals surface area contributed by atoms with Crippen molar-refractivity contribution in [2.45, 2.75) is 32.6 Å². The fourth-order valence-electron chi connectivity index (χ4n) is 2.56. The minimum absolute atomic E-state index is 0.0235. The molecule has 0 unspecified atom stereocenters. The number of benzene rings is 2. The molecule has 27 heavy (non-hydrogen) atoms. The second kappa shape index (κ2) is 9.30. The number of rotatable bonds is 7. The van der Waals surface area contributed by atoms with Gasteiger partial charge < -0.3 is 0 Å². The van der Waals surface area contributed by atoms with E-state index in [9.17, 15) is 27.2 Å². The minimum Gasteiger partial charge on any atom is -0.274 e. The number of amides is 2. The van der Waals surface area contributed by atoms with Gasteiger partial charge in [0.1, 0.15) is 0 Å². The monoisotopic (exact) mass is 381 g/mol. The second-order valence-electron chi connectivity index (χ2n) is 6.08. The third-order valence-corrected chi connectivity index (χ3v) is 4.06. The molecule has 0 radical (unpaired) electrons. The highest BCUT2D eigenvalue weighted by Gasteiger charge is 2.25. The van der Waals surface area contributed by atoms with Gasteiger partial charge in [-0.2, -0.15) is 0 Å². The van der Waals surface area contributed by atoms with Crippen LogP contribution in [0.2, 0.25) is 0 Å². The molecule has 7 heteroatoms. The summed E-state index contributed by atoms with van der Waals surface area (Å²) >= 11 is 0. The van der Waals surface area contributed by atoms with Gasteiger partial charge in [-0.25, -0.2) is 17.6 Å². The van der Waals surface area contributed by atoms with Gasteiger partial charge in [-0.05, 0) is 42.8 Å². The molecule has 0 aliphatic rings. The van der Waals surface area contributed by atoms with Gasteiger partial charge in [-0.15, -0.1) is 0 Å². The molecule has 144 valence electrons. The quantitative estimate of drug-likeness (QED) is 0.380. The minimum atomic E-state index is -1.22. The van der Waals surface area contributed by atoms with E-state index in [0.29, 0.717) is 18.6 Å². The maximum absolute atomic E-state index is 13.5. The summed E-state index contributed by atoms with van der Waals surface area (Å²) < 4.78 is 53.1. The van der Waals surface area contributed by atoms with Crippen molar-refractivity contribution in [2.24, 2.45) is 0 Å². The Morgan fingerprint density at radius 3 is 1.63 bits per heavy atom. The Balaban J connectivity index is 2.31. The first-order valence-electron chi connectivity index (χ1n) is 8.61. The van der Waals surface area contributed by atoms with Crippen LogP contribution in [0.4, 0.5) is 17.6 Å². The summed E-state index contributed by atoms with van der Waals surface area (Å²) in [6, 6.07) is 5.13. The molecule has 0 bridgehead atoms. The van der Waals surface area contributed by atoms with E-state index in [2.05, 4.69) is 0 Å². The van der Waals surface area contributed by atoms with Crippen LogP contribution in [0, 0.1) is 23.3 Å². The van der Waals surface area contributed by atoms with Crippen molar-refractivity contribution < 1.29 is 27.2 Å². The zero-order valence-corrected chi connectivity index (χ0v) is 14.8. The lowest BCUT2D eigenvalue weighted by molar-refractivity contribution is 0.0612. The number of halogens is 4. The molecule has 0 heterocycles. The van der Waals surface area contributed by atoms with Gasteiger partial charge in [0.05, 0.1) is 0 Å². The number of carbonyl (C=O) groups is 2. The molecule has 0 saturated carbocycles. The molecule has 0 saturated heterocycles. The smallest absolute Gasteiger partial charge is 0.260 e. The highest BCUT2D eigenvalue weighted by atomic mass is 19.2. The van der Waals surface area contributed by atoms with Gasteiger partial charge in [0.15, 0.2) is 23.3 Å². The summed E-state index contributed by atoms with van der Waals surface area (Å²) in [4.78, 5) is 26.2. The predicted octanol–water partition coefficient (Wildman–Crippen LogP) is 5.11. The van der Waals surface area contributed by atoms with Crippen molar-refractivity contribution in [3.63, 3.8) is 0 Å². The maximum atomic E-state index is 13.5. The van der Waals surface area contributed by atoms with E-state index in [0.717, 1.165) is 48.4 Å². The van der Waals surface area contributed by atoms with Crippen LogP contribution in [0.1, 0.15) is 53.3 Å². The fraction of sp³-hybridized carbons (Fsp3) is 0.300. The van der Waals surface area contributed by atoms with E-state index in [1.54, 1.807) is 0 Å². The molecule has 2 rings (SSSR count). The van der Waals surface area contributed by atoms with E-state index in [1.165, 1.54) is 0 Å². The van der Waals surface area contributed by atoms with Gasteiger partial charge in [-0.1, -0.05) is 26.2 Å². The molecule has 0 aliphatic carbocycles. The van der Waals surface area contributed by atoms with Crippen LogP contribution in [0.25, 0.3) is 0 Å². The van der Waals surface area contributed by atoms with E-state index in [-0.39, 0.29) is 17.7 Å². The van der Waals surface area contributed by atoms with Crippen molar-refractivity contribution in [3.8, 4) is 0 Å². The predicted molar refractivity (Wildman–Crippen MR) is 92.2 cm³/mol. The Bertz CT molecular complexity index is 775. The van der Waals surface area contributed by atoms with Crippen molar-refractivity contribution in [2.75, 3.05) is 6.54 Å². The van der Waals surface area contributed by atoms with Crippen LogP contribution >= 0.6 is 0 Å². The SMILES string of the molecule is CCCCCCN(C(=O)c1ccc(F)c(F)c1)C(=O)c1ccc(F)c(F)c1. The Hall–Kier alpha value is -2.70. The number of imide groups is 1. The standard InChI is InChI=1S/C20H19F4NO2/c1-2-3-4-5-10-25(19(26)13-6-8-15(21)17(23)11-13)20(27)14-7-9-16(22)18(24)12-14/h6-9,11-12H,2-5,10H2,1H3. The van der Waals surface area contributed by atoms with Gasteiger partial charge in [0.2, 0.25) is 0 Å². The van der Waals surface area contributed by atoms with Gasteiger partial charge in [0.25, 0.3) is 11.8 Å². The van der Waals surface area contributed by atoms with Crippen molar-refractivity contribution >= 4 is 11.8 Å². The second-order valence-corrected chi connectivity index (χ2v) is 6.08. The topological polar surface area (TPSA) is 37.4 Å². The average molecular weight is 381 g/mol. The summed E-state index contributed by atoms with van der Waals surface area (Å²) in [5, 5.41) is 0.